The minimum absolute atomic E-state index is 0.0103. The van der Waals surface area contributed by atoms with Gasteiger partial charge in [0, 0.05) is 61.6 Å². The lowest BCUT2D eigenvalue weighted by Gasteiger charge is -2.28. The highest BCUT2D eigenvalue weighted by Gasteiger charge is 2.13. The van der Waals surface area contributed by atoms with Gasteiger partial charge in [-0.15, -0.1) is 0 Å². The molecule has 0 aliphatic rings. The van der Waals surface area contributed by atoms with Crippen LogP contribution in [0.3, 0.4) is 0 Å². The Morgan fingerprint density at radius 3 is 1.56 bits per heavy atom. The number of thioether (sulfide) groups is 2. The Hall–Kier alpha value is -2.86. The van der Waals surface area contributed by atoms with Crippen LogP contribution in [0, 0.1) is 10.8 Å². The number of hydrogen-bond donors (Lipinski definition) is 4. The van der Waals surface area contributed by atoms with Gasteiger partial charge in [0.05, 0.1) is 25.6 Å². The van der Waals surface area contributed by atoms with E-state index in [-0.39, 0.29) is 11.9 Å². The van der Waals surface area contributed by atoms with Crippen molar-refractivity contribution in [3.8, 4) is 11.5 Å². The molecule has 0 fully saturated rings. The van der Waals surface area contributed by atoms with Crippen LogP contribution in [0.4, 0.5) is 0 Å². The van der Waals surface area contributed by atoms with Gasteiger partial charge >= 0.3 is 0 Å². The maximum Gasteiger partial charge on any atom is 0.188 e. The summed E-state index contributed by atoms with van der Waals surface area (Å²) < 4.78 is 10.7. The van der Waals surface area contributed by atoms with Crippen LogP contribution in [-0.4, -0.2) is 83.6 Å². The first-order valence-electron chi connectivity index (χ1n) is 10.8. The van der Waals surface area contributed by atoms with Gasteiger partial charge < -0.3 is 30.7 Å². The van der Waals surface area contributed by atoms with Crippen molar-refractivity contribution in [2.75, 3.05) is 51.9 Å². The second-order valence-corrected chi connectivity index (χ2v) is 9.36. The summed E-state index contributed by atoms with van der Waals surface area (Å²) in [4.78, 5) is 12.3. The summed E-state index contributed by atoms with van der Waals surface area (Å²) in [5.74, 6) is 4.56. The third kappa shape index (κ3) is 9.18. The SMILES string of the molecule is COc1cccnc1CSCCN(CCN(CCSCc1ncccc1OC)C(=N)N)C(=N)N. The Morgan fingerprint density at radius 2 is 1.21 bits per heavy atom. The van der Waals surface area contributed by atoms with Crippen LogP contribution in [-0.2, 0) is 11.5 Å². The maximum atomic E-state index is 7.90. The molecule has 34 heavy (non-hydrogen) atoms. The van der Waals surface area contributed by atoms with Crippen molar-refractivity contribution >= 4 is 35.4 Å². The van der Waals surface area contributed by atoms with E-state index in [1.807, 2.05) is 24.3 Å². The van der Waals surface area contributed by atoms with Crippen LogP contribution < -0.4 is 20.9 Å². The average molecular weight is 507 g/mol. The molecule has 6 N–H and O–H groups in total. The van der Waals surface area contributed by atoms with Gasteiger partial charge in [-0.05, 0) is 24.3 Å². The molecule has 0 amide bonds. The topological polar surface area (TPSA) is 150 Å². The van der Waals surface area contributed by atoms with Gasteiger partial charge in [0.2, 0.25) is 0 Å². The summed E-state index contributed by atoms with van der Waals surface area (Å²) in [6.07, 6.45) is 3.50. The highest BCUT2D eigenvalue weighted by molar-refractivity contribution is 7.98. The number of rotatable bonds is 15. The summed E-state index contributed by atoms with van der Waals surface area (Å²) in [7, 11) is 3.27. The largest absolute Gasteiger partial charge is 0.495 e. The number of pyridine rings is 2. The van der Waals surface area contributed by atoms with E-state index < -0.39 is 0 Å². The number of methoxy groups -OCH3 is 2. The fourth-order valence-corrected chi connectivity index (χ4v) is 4.88. The summed E-state index contributed by atoms with van der Waals surface area (Å²) in [6.45, 7) is 2.27. The maximum absolute atomic E-state index is 7.90. The Labute approximate surface area is 209 Å². The predicted molar refractivity (Wildman–Crippen MR) is 141 cm³/mol. The Kier molecular flexibility index (Phi) is 12.2. The van der Waals surface area contributed by atoms with Crippen molar-refractivity contribution in [3.63, 3.8) is 0 Å². The molecular weight excluding hydrogens is 472 g/mol. The van der Waals surface area contributed by atoms with Crippen LogP contribution >= 0.6 is 23.5 Å². The molecule has 0 saturated heterocycles. The molecular formula is C22H34N8O2S2. The van der Waals surface area contributed by atoms with Gasteiger partial charge in [-0.3, -0.25) is 20.8 Å². The van der Waals surface area contributed by atoms with Crippen molar-refractivity contribution in [2.24, 2.45) is 11.5 Å². The van der Waals surface area contributed by atoms with E-state index in [1.54, 1.807) is 59.9 Å². The lowest BCUT2D eigenvalue weighted by atomic mass is 10.3. The number of nitrogens with one attached hydrogen (secondary N) is 2. The van der Waals surface area contributed by atoms with Gasteiger partial charge in [0.25, 0.3) is 0 Å². The summed E-state index contributed by atoms with van der Waals surface area (Å²) >= 11 is 3.41. The van der Waals surface area contributed by atoms with Gasteiger partial charge in [-0.2, -0.15) is 23.5 Å². The number of nitrogens with zero attached hydrogens (tertiary/aromatic N) is 4. The number of aromatic nitrogens is 2. The van der Waals surface area contributed by atoms with E-state index >= 15 is 0 Å². The average Bonchev–Trinajstić information content (AvgIpc) is 2.84. The Morgan fingerprint density at radius 1 is 0.794 bits per heavy atom. The minimum atomic E-state index is 0.0103. The number of nitrogens with two attached hydrogens (primary N) is 2. The van der Waals surface area contributed by atoms with Crippen LogP contribution in [0.15, 0.2) is 36.7 Å². The van der Waals surface area contributed by atoms with Crippen LogP contribution in [0.1, 0.15) is 11.4 Å². The van der Waals surface area contributed by atoms with Gasteiger partial charge in [0.1, 0.15) is 11.5 Å². The molecule has 0 aliphatic heterocycles. The van der Waals surface area contributed by atoms with Gasteiger partial charge in [-0.25, -0.2) is 0 Å². The lowest BCUT2D eigenvalue weighted by Crippen LogP contribution is -2.46. The molecule has 2 rings (SSSR count). The van der Waals surface area contributed by atoms with Crippen molar-refractivity contribution in [1.82, 2.24) is 19.8 Å². The van der Waals surface area contributed by atoms with Crippen molar-refractivity contribution in [2.45, 2.75) is 11.5 Å². The standard InChI is InChI=1S/C22H34N8O2S2/c1-31-19-5-3-7-27-17(19)15-33-13-11-29(21(23)24)9-10-30(22(25)26)12-14-34-16-18-20(32-2)6-4-8-28-18/h3-8H,9-16H2,1-2H3,(H3,23,24)(H3,25,26). The molecule has 2 heterocycles. The second kappa shape index (κ2) is 15.1. The summed E-state index contributed by atoms with van der Waals surface area (Å²) in [6, 6.07) is 7.48. The van der Waals surface area contributed by atoms with E-state index in [9.17, 15) is 0 Å². The molecule has 0 radical (unpaired) electrons. The monoisotopic (exact) mass is 506 g/mol. The van der Waals surface area contributed by atoms with Crippen molar-refractivity contribution < 1.29 is 9.47 Å². The van der Waals surface area contributed by atoms with Crippen molar-refractivity contribution in [1.29, 1.82) is 10.8 Å². The highest BCUT2D eigenvalue weighted by Crippen LogP contribution is 2.21. The summed E-state index contributed by atoms with van der Waals surface area (Å²) in [5, 5.41) is 15.8. The van der Waals surface area contributed by atoms with E-state index in [0.717, 1.165) is 34.4 Å². The zero-order valence-corrected chi connectivity index (χ0v) is 21.3. The molecule has 0 bridgehead atoms. The Balaban J connectivity index is 1.75. The van der Waals surface area contributed by atoms with Gasteiger partial charge in [-0.1, -0.05) is 0 Å². The van der Waals surface area contributed by atoms with Crippen LogP contribution in [0.2, 0.25) is 0 Å². The molecule has 0 saturated carbocycles. The zero-order chi connectivity index (χ0) is 24.8. The third-order valence-electron chi connectivity index (χ3n) is 4.95. The molecule has 10 nitrogen and oxygen atoms in total. The predicted octanol–water partition coefficient (Wildman–Crippen LogP) is 2.05. The molecule has 0 aliphatic carbocycles. The molecule has 2 aromatic heterocycles. The number of hydrogen-bond acceptors (Lipinski definition) is 8. The second-order valence-electron chi connectivity index (χ2n) is 7.15. The fraction of sp³-hybridized carbons (Fsp3) is 0.455. The van der Waals surface area contributed by atoms with E-state index in [2.05, 4.69) is 9.97 Å². The van der Waals surface area contributed by atoms with Crippen LogP contribution in [0.25, 0.3) is 0 Å². The minimum Gasteiger partial charge on any atom is -0.495 e. The molecule has 0 spiro atoms. The molecule has 0 unspecified atom stereocenters. The molecule has 2 aromatic rings. The first-order chi connectivity index (χ1) is 16.5. The lowest BCUT2D eigenvalue weighted by molar-refractivity contribution is 0.352. The molecule has 0 atom stereocenters. The summed E-state index contributed by atoms with van der Waals surface area (Å²) in [5.41, 5.74) is 13.4. The first-order valence-corrected chi connectivity index (χ1v) is 13.1. The third-order valence-corrected chi connectivity index (χ3v) is 6.84. The van der Waals surface area contributed by atoms with E-state index in [1.165, 1.54) is 0 Å². The fourth-order valence-electron chi connectivity index (χ4n) is 3.07. The quantitative estimate of drug-likeness (QED) is 0.160. The molecule has 186 valence electrons. The smallest absolute Gasteiger partial charge is 0.188 e. The number of ether oxygens (including phenoxy) is 2. The first kappa shape index (κ1) is 27.4. The normalized spacial score (nSPS) is 10.5. The van der Waals surface area contributed by atoms with E-state index in [0.29, 0.717) is 37.7 Å². The molecule has 12 heteroatoms. The zero-order valence-electron chi connectivity index (χ0n) is 19.7. The van der Waals surface area contributed by atoms with Crippen molar-refractivity contribution in [3.05, 3.63) is 48.0 Å². The molecule has 0 aromatic carbocycles. The number of guanidine groups is 2. The van der Waals surface area contributed by atoms with Gasteiger partial charge in [0.15, 0.2) is 11.9 Å². The van der Waals surface area contributed by atoms with Crippen LogP contribution in [0.5, 0.6) is 11.5 Å². The Bertz CT molecular complexity index is 844. The van der Waals surface area contributed by atoms with E-state index in [4.69, 9.17) is 31.8 Å². The highest BCUT2D eigenvalue weighted by atomic mass is 32.2.